The highest BCUT2D eigenvalue weighted by Gasteiger charge is 2.20. The van der Waals surface area contributed by atoms with E-state index >= 15 is 0 Å². The summed E-state index contributed by atoms with van der Waals surface area (Å²) in [5, 5.41) is 23.3. The number of unbranched alkanes of at least 4 members (excludes halogenated alkanes) is 24. The van der Waals surface area contributed by atoms with E-state index in [1.807, 2.05) is 0 Å². The van der Waals surface area contributed by atoms with Crippen LogP contribution in [0.1, 0.15) is 251 Å². The molecule has 0 aromatic heterocycles. The van der Waals surface area contributed by atoms with Crippen LogP contribution in [0.4, 0.5) is 0 Å². The van der Waals surface area contributed by atoms with Crippen molar-refractivity contribution in [1.29, 1.82) is 0 Å². The largest absolute Gasteiger partial charge is 0.394 e. The van der Waals surface area contributed by atoms with E-state index in [1.165, 1.54) is 128 Å². The van der Waals surface area contributed by atoms with Gasteiger partial charge in [-0.3, -0.25) is 4.79 Å². The molecule has 0 spiro atoms. The van der Waals surface area contributed by atoms with E-state index in [1.54, 1.807) is 0 Å². The van der Waals surface area contributed by atoms with E-state index in [0.29, 0.717) is 12.8 Å². The Hall–Kier alpha value is -2.95. The smallest absolute Gasteiger partial charge is 0.220 e. The lowest BCUT2D eigenvalue weighted by Crippen LogP contribution is -2.45. The van der Waals surface area contributed by atoms with Crippen LogP contribution >= 0.6 is 0 Å². The number of nitrogens with one attached hydrogen (secondary N) is 1. The maximum absolute atomic E-state index is 12.5. The second kappa shape index (κ2) is 55.4. The maximum Gasteiger partial charge on any atom is 0.220 e. The molecule has 372 valence electrons. The molecular formula is C61H105NO3. The molecule has 0 aromatic rings. The predicted molar refractivity (Wildman–Crippen MR) is 289 cm³/mol. The van der Waals surface area contributed by atoms with Gasteiger partial charge in [0.15, 0.2) is 0 Å². The SMILES string of the molecule is CC/C=C\C/C=C\C/C=C\C/C=C\C/C=C\C/C=C\C/C=C\C/C=C\C/C=C\CCCCCC(=O)NC(CO)C(O)CCCCCCCCCCCCCCCCCCCCCCCC. The highest BCUT2D eigenvalue weighted by atomic mass is 16.3. The zero-order chi connectivity index (χ0) is 47.0. The molecule has 0 rings (SSSR count). The molecule has 0 aliphatic rings. The van der Waals surface area contributed by atoms with Crippen LogP contribution in [-0.4, -0.2) is 34.9 Å². The number of aliphatic hydroxyl groups excluding tert-OH is 2. The van der Waals surface area contributed by atoms with Gasteiger partial charge in [0, 0.05) is 6.42 Å². The summed E-state index contributed by atoms with van der Waals surface area (Å²) in [4.78, 5) is 12.5. The first-order valence-electron chi connectivity index (χ1n) is 27.6. The third kappa shape index (κ3) is 51.9. The molecule has 0 heterocycles. The fraction of sp³-hybridized carbons (Fsp3) is 0.689. The Morgan fingerprint density at radius 2 is 0.677 bits per heavy atom. The molecule has 0 saturated heterocycles. The topological polar surface area (TPSA) is 69.6 Å². The number of carbonyl (C=O) groups is 1. The van der Waals surface area contributed by atoms with Gasteiger partial charge in [-0.15, -0.1) is 0 Å². The number of hydrogen-bond acceptors (Lipinski definition) is 3. The number of rotatable bonds is 49. The summed E-state index contributed by atoms with van der Waals surface area (Å²) in [6.45, 7) is 4.24. The van der Waals surface area contributed by atoms with Gasteiger partial charge in [-0.25, -0.2) is 0 Å². The number of amides is 1. The fourth-order valence-corrected chi connectivity index (χ4v) is 7.88. The van der Waals surface area contributed by atoms with E-state index in [0.717, 1.165) is 96.3 Å². The number of hydrogen-bond donors (Lipinski definition) is 3. The zero-order valence-electron chi connectivity index (χ0n) is 42.7. The molecular weight excluding hydrogens is 795 g/mol. The number of allylic oxidation sites excluding steroid dienone is 18. The first kappa shape index (κ1) is 62.1. The minimum atomic E-state index is -0.683. The first-order chi connectivity index (χ1) is 32.2. The molecule has 4 nitrogen and oxygen atoms in total. The lowest BCUT2D eigenvalue weighted by molar-refractivity contribution is -0.123. The van der Waals surface area contributed by atoms with Gasteiger partial charge in [0.2, 0.25) is 5.91 Å². The molecule has 65 heavy (non-hydrogen) atoms. The summed E-state index contributed by atoms with van der Waals surface area (Å²) in [5.74, 6) is -0.0655. The lowest BCUT2D eigenvalue weighted by atomic mass is 10.0. The fourth-order valence-electron chi connectivity index (χ4n) is 7.88. The van der Waals surface area contributed by atoms with Gasteiger partial charge >= 0.3 is 0 Å². The van der Waals surface area contributed by atoms with E-state index in [9.17, 15) is 15.0 Å². The minimum Gasteiger partial charge on any atom is -0.394 e. The van der Waals surface area contributed by atoms with Gasteiger partial charge in [-0.2, -0.15) is 0 Å². The highest BCUT2D eigenvalue weighted by Crippen LogP contribution is 2.16. The summed E-state index contributed by atoms with van der Waals surface area (Å²) in [7, 11) is 0. The van der Waals surface area contributed by atoms with E-state index in [2.05, 4.69) is 129 Å². The molecule has 2 atom stereocenters. The molecule has 3 N–H and O–H groups in total. The summed E-state index contributed by atoms with van der Waals surface area (Å²) in [6.07, 6.45) is 83.4. The molecule has 0 bridgehead atoms. The summed E-state index contributed by atoms with van der Waals surface area (Å²) >= 11 is 0. The summed E-state index contributed by atoms with van der Waals surface area (Å²) in [5.41, 5.74) is 0. The van der Waals surface area contributed by atoms with Crippen LogP contribution in [0.5, 0.6) is 0 Å². The van der Waals surface area contributed by atoms with Crippen molar-refractivity contribution in [3.63, 3.8) is 0 Å². The van der Waals surface area contributed by atoms with Crippen LogP contribution in [0.3, 0.4) is 0 Å². The molecule has 0 radical (unpaired) electrons. The van der Waals surface area contributed by atoms with Crippen LogP contribution in [-0.2, 0) is 4.79 Å². The standard InChI is InChI=1S/C61H105NO3/c1-3-5-7-9-11-13-15-17-19-21-23-25-27-28-29-30-31-32-33-34-35-37-39-41-43-45-47-49-51-53-55-57-61(65)62-59(58-63)60(64)56-54-52-50-48-46-44-42-40-38-36-26-24-22-20-18-16-14-12-10-8-6-4-2/h5,7,11,13,17,19,23,25,28-29,31-32,34-35,39,41,45,47,59-60,63-64H,3-4,6,8-10,12,14-16,18,20-22,24,26-27,30,33,36-38,40,42-44,46,48-58H2,1-2H3,(H,62,65)/b7-5-,13-11-,19-17-,25-23-,29-28-,32-31-,35-34-,41-39-,47-45-. The van der Waals surface area contributed by atoms with Crippen LogP contribution in [0, 0.1) is 0 Å². The molecule has 4 heteroatoms. The second-order valence-corrected chi connectivity index (χ2v) is 18.3. The van der Waals surface area contributed by atoms with Crippen molar-refractivity contribution in [2.24, 2.45) is 0 Å². The quantitative estimate of drug-likeness (QED) is 0.0421. The maximum atomic E-state index is 12.5. The predicted octanol–water partition coefficient (Wildman–Crippen LogP) is 18.3. The summed E-state index contributed by atoms with van der Waals surface area (Å²) < 4.78 is 0. The first-order valence-corrected chi connectivity index (χ1v) is 27.6. The van der Waals surface area contributed by atoms with Gasteiger partial charge in [0.05, 0.1) is 18.8 Å². The van der Waals surface area contributed by atoms with Crippen molar-refractivity contribution in [2.75, 3.05) is 6.61 Å². The number of carbonyl (C=O) groups excluding carboxylic acids is 1. The molecule has 1 amide bonds. The zero-order valence-corrected chi connectivity index (χ0v) is 42.7. The van der Waals surface area contributed by atoms with Gasteiger partial charge < -0.3 is 15.5 Å². The third-order valence-corrected chi connectivity index (χ3v) is 12.0. The van der Waals surface area contributed by atoms with Crippen molar-refractivity contribution in [1.82, 2.24) is 5.32 Å². The third-order valence-electron chi connectivity index (χ3n) is 12.0. The molecule has 0 aromatic carbocycles. The van der Waals surface area contributed by atoms with Gasteiger partial charge in [0.1, 0.15) is 0 Å². The molecule has 0 saturated carbocycles. The van der Waals surface area contributed by atoms with Crippen LogP contribution in [0.2, 0.25) is 0 Å². The molecule has 2 unspecified atom stereocenters. The van der Waals surface area contributed by atoms with Crippen LogP contribution in [0.15, 0.2) is 109 Å². The average molecular weight is 901 g/mol. The van der Waals surface area contributed by atoms with Crippen molar-refractivity contribution in [2.45, 2.75) is 264 Å². The molecule has 0 aliphatic carbocycles. The normalized spacial score (nSPS) is 13.7. The van der Waals surface area contributed by atoms with Crippen molar-refractivity contribution in [3.05, 3.63) is 109 Å². The van der Waals surface area contributed by atoms with Crippen molar-refractivity contribution >= 4 is 5.91 Å². The Balaban J connectivity index is 3.64. The van der Waals surface area contributed by atoms with Crippen molar-refractivity contribution in [3.8, 4) is 0 Å². The van der Waals surface area contributed by atoms with E-state index < -0.39 is 12.1 Å². The van der Waals surface area contributed by atoms with Crippen molar-refractivity contribution < 1.29 is 15.0 Å². The molecule has 0 aliphatic heterocycles. The van der Waals surface area contributed by atoms with Gasteiger partial charge in [-0.1, -0.05) is 271 Å². The number of aliphatic hydroxyl groups is 2. The van der Waals surface area contributed by atoms with E-state index in [-0.39, 0.29) is 12.5 Å². The Morgan fingerprint density at radius 3 is 1.00 bits per heavy atom. The average Bonchev–Trinajstić information content (AvgIpc) is 3.31. The monoisotopic (exact) mass is 900 g/mol. The minimum absolute atomic E-state index is 0.0655. The van der Waals surface area contributed by atoms with E-state index in [4.69, 9.17) is 0 Å². The van der Waals surface area contributed by atoms with Gasteiger partial charge in [-0.05, 0) is 83.5 Å². The van der Waals surface area contributed by atoms with Gasteiger partial charge in [0.25, 0.3) is 0 Å². The Morgan fingerprint density at radius 1 is 0.385 bits per heavy atom. The Labute approximate surface area is 404 Å². The summed E-state index contributed by atoms with van der Waals surface area (Å²) in [6, 6.07) is -0.563. The van der Waals surface area contributed by atoms with Crippen LogP contribution < -0.4 is 5.32 Å². The lowest BCUT2D eigenvalue weighted by Gasteiger charge is -2.22. The Bertz CT molecular complexity index is 1250. The van der Waals surface area contributed by atoms with Crippen LogP contribution in [0.25, 0.3) is 0 Å². The Kier molecular flexibility index (Phi) is 52.9. The highest BCUT2D eigenvalue weighted by molar-refractivity contribution is 5.76. The molecule has 0 fully saturated rings. The second-order valence-electron chi connectivity index (χ2n) is 18.3.